The molecule has 0 radical (unpaired) electrons. The Kier molecular flexibility index (Phi) is 5.06. The molecule has 0 N–H and O–H groups in total. The van der Waals surface area contributed by atoms with Gasteiger partial charge in [0.15, 0.2) is 0 Å². The lowest BCUT2D eigenvalue weighted by molar-refractivity contribution is -0.151. The van der Waals surface area contributed by atoms with Crippen molar-refractivity contribution < 1.29 is 27.9 Å². The number of benzene rings is 1. The monoisotopic (exact) mass is 326 g/mol. The van der Waals surface area contributed by atoms with Crippen LogP contribution in [0, 0.1) is 0 Å². The van der Waals surface area contributed by atoms with Crippen LogP contribution >= 0.6 is 7.60 Å². The molecule has 0 aliphatic carbocycles. The molecule has 0 fully saturated rings. The average molecular weight is 326 g/mol. The first-order valence-electron chi connectivity index (χ1n) is 6.85. The van der Waals surface area contributed by atoms with Gasteiger partial charge < -0.3 is 18.5 Å². The maximum absolute atomic E-state index is 13.1. The van der Waals surface area contributed by atoms with Crippen molar-refractivity contribution in [2.75, 3.05) is 20.8 Å². The maximum atomic E-state index is 13.1. The van der Waals surface area contributed by atoms with Gasteiger partial charge in [-0.1, -0.05) is 30.3 Å². The van der Waals surface area contributed by atoms with Gasteiger partial charge in [0.1, 0.15) is 5.76 Å². The second kappa shape index (κ2) is 6.65. The highest BCUT2D eigenvalue weighted by molar-refractivity contribution is 7.55. The van der Waals surface area contributed by atoms with Gasteiger partial charge in [-0.15, -0.1) is 0 Å². The first kappa shape index (κ1) is 16.7. The van der Waals surface area contributed by atoms with E-state index < -0.39 is 18.9 Å². The maximum Gasteiger partial charge on any atom is 0.378 e. The molecule has 0 amide bonds. The number of carbonyl (C=O) groups is 1. The van der Waals surface area contributed by atoms with Crippen molar-refractivity contribution in [2.45, 2.75) is 18.7 Å². The number of carbonyl (C=O) groups excluding carboxylic acids is 1. The molecule has 1 atom stereocenters. The predicted molar refractivity (Wildman–Crippen MR) is 80.2 cm³/mol. The Bertz CT molecular complexity index is 604. The van der Waals surface area contributed by atoms with Crippen molar-refractivity contribution in [3.63, 3.8) is 0 Å². The molecule has 0 bridgehead atoms. The molecule has 1 aliphatic heterocycles. The largest absolute Gasteiger partial charge is 0.498 e. The summed E-state index contributed by atoms with van der Waals surface area (Å²) in [7, 11) is -1.24. The average Bonchev–Trinajstić information content (AvgIpc) is 2.54. The first-order valence-corrected chi connectivity index (χ1v) is 8.39. The Balaban J connectivity index is 2.60. The summed E-state index contributed by atoms with van der Waals surface area (Å²) >= 11 is 0. The Hall–Kier alpha value is -1.62. The molecule has 1 heterocycles. The molecule has 6 nitrogen and oxygen atoms in total. The van der Waals surface area contributed by atoms with E-state index in [1.807, 2.05) is 6.07 Å². The third-order valence-electron chi connectivity index (χ3n) is 3.44. The van der Waals surface area contributed by atoms with Crippen LogP contribution in [0.5, 0.6) is 0 Å². The summed E-state index contributed by atoms with van der Waals surface area (Å²) in [5.74, 6) is -0.259. The van der Waals surface area contributed by atoms with E-state index in [4.69, 9.17) is 18.5 Å². The number of cyclic esters (lactones) is 1. The summed E-state index contributed by atoms with van der Waals surface area (Å²) in [6.07, 6.45) is 1.33. The van der Waals surface area contributed by atoms with Crippen molar-refractivity contribution in [1.82, 2.24) is 0 Å². The Morgan fingerprint density at radius 2 is 1.86 bits per heavy atom. The SMILES string of the molecule is CCOC1=CC(=O)OC(c2ccccc2)(P(=O)(OC)OC)C1. The third kappa shape index (κ3) is 2.82. The van der Waals surface area contributed by atoms with Gasteiger partial charge in [-0.05, 0) is 6.92 Å². The lowest BCUT2D eigenvalue weighted by atomic mass is 10.0. The molecule has 1 aromatic carbocycles. The fraction of sp³-hybridized carbons (Fsp3) is 0.400. The first-order chi connectivity index (χ1) is 10.5. The Labute approximate surface area is 129 Å². The summed E-state index contributed by atoms with van der Waals surface area (Å²) in [5, 5.41) is -1.56. The quantitative estimate of drug-likeness (QED) is 0.590. The fourth-order valence-corrected chi connectivity index (χ4v) is 4.22. The molecule has 1 unspecified atom stereocenters. The van der Waals surface area contributed by atoms with Gasteiger partial charge in [-0.25, -0.2) is 4.79 Å². The van der Waals surface area contributed by atoms with Crippen LogP contribution in [0.2, 0.25) is 0 Å². The standard InChI is InChI=1S/C15H19O6P/c1-4-20-13-10-14(16)21-15(11-13,22(17,18-2)19-3)12-8-6-5-7-9-12/h5-10H,4,11H2,1-3H3. The number of hydrogen-bond donors (Lipinski definition) is 0. The second-order valence-corrected chi connectivity index (χ2v) is 7.10. The molecule has 2 rings (SSSR count). The van der Waals surface area contributed by atoms with Crippen molar-refractivity contribution in [1.29, 1.82) is 0 Å². The summed E-state index contributed by atoms with van der Waals surface area (Å²) in [6.45, 7) is 2.19. The predicted octanol–water partition coefficient (Wildman–Crippen LogP) is 3.19. The minimum absolute atomic E-state index is 0.0789. The molecule has 7 heteroatoms. The minimum Gasteiger partial charge on any atom is -0.498 e. The highest BCUT2D eigenvalue weighted by Gasteiger charge is 2.57. The molecule has 0 aromatic heterocycles. The van der Waals surface area contributed by atoms with E-state index in [-0.39, 0.29) is 6.42 Å². The fourth-order valence-electron chi connectivity index (χ4n) is 2.47. The van der Waals surface area contributed by atoms with E-state index in [0.717, 1.165) is 0 Å². The van der Waals surface area contributed by atoms with E-state index in [1.54, 1.807) is 31.2 Å². The molecule has 1 aliphatic rings. The van der Waals surface area contributed by atoms with Crippen LogP contribution in [0.3, 0.4) is 0 Å². The molecule has 120 valence electrons. The second-order valence-electron chi connectivity index (χ2n) is 4.65. The summed E-state index contributed by atoms with van der Waals surface area (Å²) < 4.78 is 34.3. The van der Waals surface area contributed by atoms with Crippen LogP contribution in [0.1, 0.15) is 18.9 Å². The third-order valence-corrected chi connectivity index (χ3v) is 5.79. The van der Waals surface area contributed by atoms with Crippen molar-refractivity contribution >= 4 is 13.6 Å². The zero-order chi connectivity index (χ0) is 16.2. The van der Waals surface area contributed by atoms with Crippen LogP contribution in [-0.4, -0.2) is 26.8 Å². The van der Waals surface area contributed by atoms with E-state index in [9.17, 15) is 9.36 Å². The molecular formula is C15H19O6P. The van der Waals surface area contributed by atoms with E-state index in [0.29, 0.717) is 17.9 Å². The molecule has 1 aromatic rings. The highest BCUT2D eigenvalue weighted by atomic mass is 31.2. The van der Waals surface area contributed by atoms with Crippen LogP contribution in [0.25, 0.3) is 0 Å². The molecule has 0 spiro atoms. The topological polar surface area (TPSA) is 71.1 Å². The van der Waals surface area contributed by atoms with Crippen molar-refractivity contribution in [3.05, 3.63) is 47.7 Å². The summed E-state index contributed by atoms with van der Waals surface area (Å²) in [4.78, 5) is 12.0. The zero-order valence-electron chi connectivity index (χ0n) is 12.8. The lowest BCUT2D eigenvalue weighted by Crippen LogP contribution is -2.37. The van der Waals surface area contributed by atoms with Gasteiger partial charge >= 0.3 is 13.6 Å². The Morgan fingerprint density at radius 3 is 2.41 bits per heavy atom. The highest BCUT2D eigenvalue weighted by Crippen LogP contribution is 2.67. The number of rotatable bonds is 6. The van der Waals surface area contributed by atoms with Gasteiger partial charge in [0, 0.05) is 19.8 Å². The van der Waals surface area contributed by atoms with Crippen LogP contribution in [-0.2, 0) is 33.2 Å². The molecule has 0 saturated carbocycles. The normalized spacial score (nSPS) is 22.0. The minimum atomic E-state index is -3.77. The van der Waals surface area contributed by atoms with Gasteiger partial charge in [0.05, 0.1) is 19.1 Å². The van der Waals surface area contributed by atoms with E-state index in [1.165, 1.54) is 20.3 Å². The van der Waals surface area contributed by atoms with Gasteiger partial charge in [-0.2, -0.15) is 0 Å². The molecule has 0 saturated heterocycles. The number of ether oxygens (including phenoxy) is 2. The van der Waals surface area contributed by atoms with E-state index >= 15 is 0 Å². The number of esters is 1. The van der Waals surface area contributed by atoms with Crippen LogP contribution in [0.15, 0.2) is 42.2 Å². The lowest BCUT2D eigenvalue weighted by Gasteiger charge is -2.39. The molecule has 22 heavy (non-hydrogen) atoms. The summed E-state index contributed by atoms with van der Waals surface area (Å²) in [5.41, 5.74) is 0.528. The molecular weight excluding hydrogens is 307 g/mol. The van der Waals surface area contributed by atoms with Gasteiger partial charge in [0.25, 0.3) is 0 Å². The van der Waals surface area contributed by atoms with Crippen molar-refractivity contribution in [2.24, 2.45) is 0 Å². The van der Waals surface area contributed by atoms with Crippen LogP contribution < -0.4 is 0 Å². The van der Waals surface area contributed by atoms with Crippen LogP contribution in [0.4, 0.5) is 0 Å². The smallest absolute Gasteiger partial charge is 0.378 e. The zero-order valence-corrected chi connectivity index (χ0v) is 13.7. The van der Waals surface area contributed by atoms with Crippen molar-refractivity contribution in [3.8, 4) is 0 Å². The number of hydrogen-bond acceptors (Lipinski definition) is 6. The van der Waals surface area contributed by atoms with Gasteiger partial charge in [0.2, 0.25) is 5.34 Å². The summed E-state index contributed by atoms with van der Waals surface area (Å²) in [6, 6.07) is 8.77. The van der Waals surface area contributed by atoms with Gasteiger partial charge in [-0.3, -0.25) is 4.57 Å². The van der Waals surface area contributed by atoms with E-state index in [2.05, 4.69) is 0 Å². The Morgan fingerprint density at radius 1 is 1.23 bits per heavy atom.